The van der Waals surface area contributed by atoms with Crippen molar-refractivity contribution in [1.82, 2.24) is 10.2 Å². The summed E-state index contributed by atoms with van der Waals surface area (Å²) in [4.78, 5) is 44.0. The van der Waals surface area contributed by atoms with Crippen molar-refractivity contribution in [3.8, 4) is 0 Å². The lowest BCUT2D eigenvalue weighted by Crippen LogP contribution is -2.43. The topological polar surface area (TPSA) is 113 Å². The summed E-state index contributed by atoms with van der Waals surface area (Å²) in [5.41, 5.74) is 0.916. The van der Waals surface area contributed by atoms with Gasteiger partial charge in [-0.05, 0) is 75.7 Å². The van der Waals surface area contributed by atoms with Gasteiger partial charge in [0.25, 0.3) is 0 Å². The van der Waals surface area contributed by atoms with Crippen LogP contribution in [0.5, 0.6) is 0 Å². The molecule has 3 amide bonds. The Kier molecular flexibility index (Phi) is 8.39. The van der Waals surface area contributed by atoms with Crippen LogP contribution < -0.4 is 10.6 Å². The van der Waals surface area contributed by atoms with Gasteiger partial charge in [0.15, 0.2) is 5.17 Å². The molecular formula is C28H29FN4O5S. The molecule has 0 radical (unpaired) electrons. The minimum absolute atomic E-state index is 0.181. The molecule has 39 heavy (non-hydrogen) atoms. The summed E-state index contributed by atoms with van der Waals surface area (Å²) in [5, 5.41) is 5.07. The van der Waals surface area contributed by atoms with Crippen LogP contribution in [0.15, 0.2) is 76.3 Å². The summed E-state index contributed by atoms with van der Waals surface area (Å²) < 4.78 is 24.4. The minimum atomic E-state index is -0.830. The molecule has 3 aromatic rings. The van der Waals surface area contributed by atoms with Crippen LogP contribution >= 0.6 is 11.8 Å². The summed E-state index contributed by atoms with van der Waals surface area (Å²) in [6.07, 6.45) is 0.841. The molecule has 1 aromatic heterocycles. The van der Waals surface area contributed by atoms with Gasteiger partial charge in [0, 0.05) is 5.69 Å². The quantitative estimate of drug-likeness (QED) is 0.385. The lowest BCUT2D eigenvalue weighted by Gasteiger charge is -2.21. The normalized spacial score (nSPS) is 17.3. The van der Waals surface area contributed by atoms with E-state index in [-0.39, 0.29) is 12.5 Å². The van der Waals surface area contributed by atoms with Gasteiger partial charge in [0.2, 0.25) is 11.8 Å². The fourth-order valence-electron chi connectivity index (χ4n) is 3.65. The van der Waals surface area contributed by atoms with Gasteiger partial charge >= 0.3 is 6.09 Å². The van der Waals surface area contributed by atoms with Crippen LogP contribution in [0.2, 0.25) is 0 Å². The molecule has 9 nitrogen and oxygen atoms in total. The monoisotopic (exact) mass is 552 g/mol. The second-order valence-corrected chi connectivity index (χ2v) is 10.9. The molecule has 1 saturated heterocycles. The van der Waals surface area contributed by atoms with E-state index in [9.17, 15) is 18.8 Å². The Morgan fingerprint density at radius 2 is 1.90 bits per heavy atom. The Hall–Kier alpha value is -4.12. The third-order valence-electron chi connectivity index (χ3n) is 5.48. The van der Waals surface area contributed by atoms with Crippen LogP contribution in [0.3, 0.4) is 0 Å². The third-order valence-corrected chi connectivity index (χ3v) is 6.71. The number of carbonyl (C=O) groups excluding carboxylic acids is 3. The zero-order chi connectivity index (χ0) is 28.2. The predicted octanol–water partition coefficient (Wildman–Crippen LogP) is 5.77. The second-order valence-electron chi connectivity index (χ2n) is 9.86. The Bertz CT molecular complexity index is 1370. The second kappa shape index (κ2) is 11.7. The molecule has 1 unspecified atom stereocenters. The first-order valence-corrected chi connectivity index (χ1v) is 13.1. The maximum atomic E-state index is 13.7. The van der Waals surface area contributed by atoms with E-state index in [1.807, 2.05) is 0 Å². The SMILES string of the molecule is C[C@H](NC(=O)OC(C)(C)C)C(=O)Nc1ccc(C2SC(=Nc3cccc(F)c3)N(Cc3ccco3)C2=O)cc1. The predicted molar refractivity (Wildman–Crippen MR) is 147 cm³/mol. The maximum absolute atomic E-state index is 13.7. The molecule has 1 fully saturated rings. The number of halogens is 1. The van der Waals surface area contributed by atoms with Crippen molar-refractivity contribution in [2.24, 2.45) is 4.99 Å². The third kappa shape index (κ3) is 7.47. The van der Waals surface area contributed by atoms with E-state index in [4.69, 9.17) is 9.15 Å². The first-order valence-electron chi connectivity index (χ1n) is 12.2. The lowest BCUT2D eigenvalue weighted by atomic mass is 10.1. The zero-order valence-corrected chi connectivity index (χ0v) is 22.8. The van der Waals surface area contributed by atoms with Crippen LogP contribution in [0.4, 0.5) is 20.6 Å². The Morgan fingerprint density at radius 1 is 1.15 bits per heavy atom. The molecule has 0 bridgehead atoms. The van der Waals surface area contributed by atoms with Gasteiger partial charge in [0.05, 0.1) is 18.5 Å². The van der Waals surface area contributed by atoms with Crippen molar-refractivity contribution < 1.29 is 27.9 Å². The largest absolute Gasteiger partial charge is 0.467 e. The smallest absolute Gasteiger partial charge is 0.408 e. The van der Waals surface area contributed by atoms with Crippen LogP contribution in [-0.2, 0) is 20.9 Å². The van der Waals surface area contributed by atoms with Gasteiger partial charge in [-0.3, -0.25) is 14.5 Å². The number of rotatable bonds is 7. The van der Waals surface area contributed by atoms with E-state index in [1.54, 1.807) is 76.2 Å². The molecule has 0 saturated carbocycles. The summed E-state index contributed by atoms with van der Waals surface area (Å²) in [7, 11) is 0. The van der Waals surface area contributed by atoms with E-state index in [2.05, 4.69) is 15.6 Å². The van der Waals surface area contributed by atoms with E-state index in [1.165, 1.54) is 35.1 Å². The van der Waals surface area contributed by atoms with Crippen molar-refractivity contribution in [3.05, 3.63) is 84.1 Å². The van der Waals surface area contributed by atoms with Crippen LogP contribution in [-0.4, -0.2) is 39.6 Å². The molecule has 11 heteroatoms. The number of alkyl carbamates (subject to hydrolysis) is 1. The Morgan fingerprint density at radius 3 is 2.54 bits per heavy atom. The van der Waals surface area contributed by atoms with Crippen molar-refractivity contribution in [3.63, 3.8) is 0 Å². The number of benzene rings is 2. The number of carbonyl (C=O) groups is 3. The van der Waals surface area contributed by atoms with Crippen molar-refractivity contribution >= 4 is 46.2 Å². The molecule has 2 heterocycles. The summed E-state index contributed by atoms with van der Waals surface area (Å²) in [5.74, 6) is -0.454. The van der Waals surface area contributed by atoms with E-state index >= 15 is 0 Å². The molecule has 1 aliphatic rings. The van der Waals surface area contributed by atoms with Crippen LogP contribution in [0.25, 0.3) is 0 Å². The fraction of sp³-hybridized carbons (Fsp3) is 0.286. The molecule has 2 atom stereocenters. The van der Waals surface area contributed by atoms with Gasteiger partial charge in [-0.1, -0.05) is 30.0 Å². The van der Waals surface area contributed by atoms with Crippen LogP contribution in [0.1, 0.15) is 44.3 Å². The number of anilines is 1. The number of aliphatic imine (C=N–C) groups is 1. The first kappa shape index (κ1) is 27.9. The maximum Gasteiger partial charge on any atom is 0.408 e. The first-order chi connectivity index (χ1) is 18.5. The van der Waals surface area contributed by atoms with Crippen LogP contribution in [0, 0.1) is 5.82 Å². The molecule has 204 valence electrons. The summed E-state index contributed by atoms with van der Waals surface area (Å²) >= 11 is 1.25. The molecule has 4 rings (SSSR count). The van der Waals surface area contributed by atoms with Gasteiger partial charge in [0.1, 0.15) is 28.5 Å². The number of thioether (sulfide) groups is 1. The minimum Gasteiger partial charge on any atom is -0.467 e. The highest BCUT2D eigenvalue weighted by Crippen LogP contribution is 2.41. The molecule has 2 N–H and O–H groups in total. The van der Waals surface area contributed by atoms with Crippen molar-refractivity contribution in [2.45, 2.75) is 51.1 Å². The highest BCUT2D eigenvalue weighted by atomic mass is 32.2. The average Bonchev–Trinajstić information content (AvgIpc) is 3.47. The molecule has 2 aromatic carbocycles. The highest BCUT2D eigenvalue weighted by Gasteiger charge is 2.39. The number of furan rings is 1. The van der Waals surface area contributed by atoms with E-state index < -0.39 is 34.7 Å². The zero-order valence-electron chi connectivity index (χ0n) is 21.9. The number of amidine groups is 1. The van der Waals surface area contributed by atoms with Gasteiger partial charge < -0.3 is 19.8 Å². The number of hydrogen-bond acceptors (Lipinski definition) is 7. The molecule has 0 spiro atoms. The number of ether oxygens (including phenoxy) is 1. The van der Waals surface area contributed by atoms with Gasteiger partial charge in [-0.15, -0.1) is 0 Å². The number of amides is 3. The summed E-state index contributed by atoms with van der Waals surface area (Å²) in [6, 6.07) is 15.4. The van der Waals surface area contributed by atoms with Gasteiger partial charge in [-0.25, -0.2) is 14.2 Å². The number of nitrogens with one attached hydrogen (secondary N) is 2. The Labute approximate surface area is 229 Å². The summed E-state index contributed by atoms with van der Waals surface area (Å²) in [6.45, 7) is 6.94. The highest BCUT2D eigenvalue weighted by molar-refractivity contribution is 8.15. The van der Waals surface area contributed by atoms with Gasteiger partial charge in [-0.2, -0.15) is 0 Å². The fourth-order valence-corrected chi connectivity index (χ4v) is 4.83. The van der Waals surface area contributed by atoms with Crippen molar-refractivity contribution in [1.29, 1.82) is 0 Å². The molecular weight excluding hydrogens is 523 g/mol. The lowest BCUT2D eigenvalue weighted by molar-refractivity contribution is -0.126. The van der Waals surface area contributed by atoms with E-state index in [0.29, 0.717) is 27.9 Å². The number of nitrogens with zero attached hydrogens (tertiary/aromatic N) is 2. The average molecular weight is 553 g/mol. The van der Waals surface area contributed by atoms with E-state index in [0.717, 1.165) is 0 Å². The molecule has 1 aliphatic heterocycles. The standard InChI is InChI=1S/C28H29FN4O5S/c1-17(30-27(36)38-28(2,3)4)24(34)31-20-12-10-18(11-13-20)23-25(35)33(16-22-9-6-14-37-22)26(39-23)32-21-8-5-7-19(29)15-21/h5-15,17,23H,16H2,1-4H3,(H,30,36)(H,31,34)/t17-,23?/m0/s1. The molecule has 0 aliphatic carbocycles. The Balaban J connectivity index is 1.47. The van der Waals surface area contributed by atoms with Crippen molar-refractivity contribution in [2.75, 3.05) is 5.32 Å². The number of hydrogen-bond donors (Lipinski definition) is 2.